The zero-order valence-corrected chi connectivity index (χ0v) is 13.1. The van der Waals surface area contributed by atoms with Crippen LogP contribution in [-0.4, -0.2) is 37.5 Å². The van der Waals surface area contributed by atoms with E-state index in [2.05, 4.69) is 17.3 Å². The molecule has 0 aromatic heterocycles. The molecule has 2 rings (SSSR count). The first-order valence-corrected chi connectivity index (χ1v) is 7.84. The van der Waals surface area contributed by atoms with Crippen molar-refractivity contribution in [3.63, 3.8) is 0 Å². The Morgan fingerprint density at radius 3 is 2.57 bits per heavy atom. The Balaban J connectivity index is 1.72. The summed E-state index contributed by atoms with van der Waals surface area (Å²) in [5, 5.41) is 2.98. The van der Waals surface area contributed by atoms with E-state index in [9.17, 15) is 4.79 Å². The Morgan fingerprint density at radius 1 is 1.33 bits per heavy atom. The summed E-state index contributed by atoms with van der Waals surface area (Å²) in [6.45, 7) is 5.09. The lowest BCUT2D eigenvalue weighted by Gasteiger charge is -2.29. The number of nitrogens with zero attached hydrogens (tertiary/aromatic N) is 1. The molecule has 0 spiro atoms. The van der Waals surface area contributed by atoms with Crippen molar-refractivity contribution in [3.05, 3.63) is 35.4 Å². The molecule has 116 valence electrons. The van der Waals surface area contributed by atoms with Gasteiger partial charge in [0, 0.05) is 6.54 Å². The molecule has 1 heterocycles. The first-order valence-electron chi connectivity index (χ1n) is 7.84. The smallest absolute Gasteiger partial charge is 0.241 e. The number of piperidine rings is 1. The van der Waals surface area contributed by atoms with Crippen LogP contribution in [0.4, 0.5) is 0 Å². The molecule has 4 heteroatoms. The number of nitrogens with two attached hydrogens (primary N) is 1. The molecule has 1 aliphatic heterocycles. The van der Waals surface area contributed by atoms with Crippen molar-refractivity contribution < 1.29 is 4.79 Å². The van der Waals surface area contributed by atoms with E-state index >= 15 is 0 Å². The fourth-order valence-electron chi connectivity index (χ4n) is 2.79. The van der Waals surface area contributed by atoms with Crippen LogP contribution in [0.5, 0.6) is 0 Å². The maximum Gasteiger partial charge on any atom is 0.241 e. The molecule has 1 fully saturated rings. The molecule has 0 radical (unpaired) electrons. The van der Waals surface area contributed by atoms with Crippen molar-refractivity contribution in [2.24, 2.45) is 11.7 Å². The van der Waals surface area contributed by atoms with Gasteiger partial charge in [-0.15, -0.1) is 0 Å². The summed E-state index contributed by atoms with van der Waals surface area (Å²) in [6, 6.07) is 7.26. The molecule has 1 unspecified atom stereocenters. The summed E-state index contributed by atoms with van der Waals surface area (Å²) >= 11 is 0. The molecule has 1 aromatic carbocycles. The van der Waals surface area contributed by atoms with Gasteiger partial charge in [0.25, 0.3) is 0 Å². The quantitative estimate of drug-likeness (QED) is 0.869. The second-order valence-corrected chi connectivity index (χ2v) is 6.21. The van der Waals surface area contributed by atoms with Crippen molar-refractivity contribution in [2.45, 2.75) is 32.2 Å². The fraction of sp³-hybridized carbons (Fsp3) is 0.588. The van der Waals surface area contributed by atoms with Crippen LogP contribution in [0.25, 0.3) is 0 Å². The lowest BCUT2D eigenvalue weighted by atomic mass is 9.94. The summed E-state index contributed by atoms with van der Waals surface area (Å²) in [4.78, 5) is 14.4. The first-order chi connectivity index (χ1) is 10.1. The van der Waals surface area contributed by atoms with E-state index < -0.39 is 6.04 Å². The number of carbonyl (C=O) groups excluding carboxylic acids is 1. The molecule has 0 saturated carbocycles. The van der Waals surface area contributed by atoms with Crippen molar-refractivity contribution >= 4 is 5.91 Å². The standard InChI is InChI=1S/C17H27N3O/c1-13-3-5-15(6-4-13)16(18)17(21)19-10-7-14-8-11-20(2)12-9-14/h3-6,14,16H,7-12,18H2,1-2H3,(H,19,21). The molecule has 1 aliphatic rings. The molecule has 4 nitrogen and oxygen atoms in total. The molecule has 1 atom stereocenters. The summed E-state index contributed by atoms with van der Waals surface area (Å²) in [5.74, 6) is 0.656. The highest BCUT2D eigenvalue weighted by molar-refractivity contribution is 5.82. The van der Waals surface area contributed by atoms with Gasteiger partial charge in [-0.05, 0) is 57.8 Å². The van der Waals surface area contributed by atoms with Gasteiger partial charge in [0.1, 0.15) is 6.04 Å². The first kappa shape index (κ1) is 16.0. The minimum absolute atomic E-state index is 0.0771. The van der Waals surface area contributed by atoms with Crippen LogP contribution >= 0.6 is 0 Å². The highest BCUT2D eigenvalue weighted by atomic mass is 16.2. The van der Waals surface area contributed by atoms with E-state index in [-0.39, 0.29) is 5.91 Å². The second-order valence-electron chi connectivity index (χ2n) is 6.21. The van der Waals surface area contributed by atoms with Crippen LogP contribution in [0.2, 0.25) is 0 Å². The lowest BCUT2D eigenvalue weighted by molar-refractivity contribution is -0.122. The largest absolute Gasteiger partial charge is 0.354 e. The van der Waals surface area contributed by atoms with E-state index in [0.717, 1.165) is 24.4 Å². The number of likely N-dealkylation sites (tertiary alicyclic amines) is 1. The monoisotopic (exact) mass is 289 g/mol. The van der Waals surface area contributed by atoms with Crippen molar-refractivity contribution in [3.8, 4) is 0 Å². The molecular formula is C17H27N3O. The minimum atomic E-state index is -0.567. The Bertz CT molecular complexity index is 450. The van der Waals surface area contributed by atoms with Gasteiger partial charge in [0.2, 0.25) is 5.91 Å². The molecule has 1 aromatic rings. The van der Waals surface area contributed by atoms with Gasteiger partial charge in [-0.3, -0.25) is 4.79 Å². The van der Waals surface area contributed by atoms with Crippen LogP contribution in [-0.2, 0) is 4.79 Å². The Hall–Kier alpha value is -1.39. The Labute approximate surface area is 127 Å². The number of hydrogen-bond acceptors (Lipinski definition) is 3. The van der Waals surface area contributed by atoms with E-state index in [1.54, 1.807) is 0 Å². The maximum absolute atomic E-state index is 12.1. The Morgan fingerprint density at radius 2 is 1.95 bits per heavy atom. The van der Waals surface area contributed by atoms with E-state index in [1.807, 2.05) is 31.2 Å². The average molecular weight is 289 g/mol. The van der Waals surface area contributed by atoms with Gasteiger partial charge in [-0.2, -0.15) is 0 Å². The van der Waals surface area contributed by atoms with E-state index in [0.29, 0.717) is 0 Å². The lowest BCUT2D eigenvalue weighted by Crippen LogP contribution is -2.36. The minimum Gasteiger partial charge on any atom is -0.354 e. The summed E-state index contributed by atoms with van der Waals surface area (Å²) in [5.41, 5.74) is 8.05. The number of aryl methyl sites for hydroxylation is 1. The van der Waals surface area contributed by atoms with Gasteiger partial charge in [-0.1, -0.05) is 29.8 Å². The van der Waals surface area contributed by atoms with Crippen LogP contribution < -0.4 is 11.1 Å². The molecule has 3 N–H and O–H groups in total. The third-order valence-electron chi connectivity index (χ3n) is 4.41. The number of carbonyl (C=O) groups is 1. The summed E-state index contributed by atoms with van der Waals surface area (Å²) in [6.07, 6.45) is 3.52. The van der Waals surface area contributed by atoms with Crippen molar-refractivity contribution in [1.29, 1.82) is 0 Å². The fourth-order valence-corrected chi connectivity index (χ4v) is 2.79. The van der Waals surface area contributed by atoms with Crippen LogP contribution in [0, 0.1) is 12.8 Å². The second kappa shape index (κ2) is 7.57. The van der Waals surface area contributed by atoms with Gasteiger partial charge in [0.05, 0.1) is 0 Å². The molecule has 0 aliphatic carbocycles. The molecule has 1 saturated heterocycles. The van der Waals surface area contributed by atoms with Gasteiger partial charge in [-0.25, -0.2) is 0 Å². The number of nitrogens with one attached hydrogen (secondary N) is 1. The predicted molar refractivity (Wildman–Crippen MR) is 86.0 cm³/mol. The van der Waals surface area contributed by atoms with E-state index in [4.69, 9.17) is 5.73 Å². The van der Waals surface area contributed by atoms with Gasteiger partial charge < -0.3 is 16.0 Å². The summed E-state index contributed by atoms with van der Waals surface area (Å²) < 4.78 is 0. The highest BCUT2D eigenvalue weighted by Gasteiger charge is 2.18. The van der Waals surface area contributed by atoms with Crippen LogP contribution in [0.15, 0.2) is 24.3 Å². The van der Waals surface area contributed by atoms with Crippen molar-refractivity contribution in [2.75, 3.05) is 26.7 Å². The predicted octanol–water partition coefficient (Wildman–Crippen LogP) is 1.84. The van der Waals surface area contributed by atoms with Crippen molar-refractivity contribution in [1.82, 2.24) is 10.2 Å². The number of rotatable bonds is 5. The van der Waals surface area contributed by atoms with Crippen LogP contribution in [0.3, 0.4) is 0 Å². The zero-order chi connectivity index (χ0) is 15.2. The Kier molecular flexibility index (Phi) is 5.76. The number of hydrogen-bond donors (Lipinski definition) is 2. The highest BCUT2D eigenvalue weighted by Crippen LogP contribution is 2.19. The number of benzene rings is 1. The molecule has 0 bridgehead atoms. The average Bonchev–Trinajstić information content (AvgIpc) is 2.49. The number of amides is 1. The SMILES string of the molecule is Cc1ccc(C(N)C(=O)NCCC2CCN(C)CC2)cc1. The molecule has 21 heavy (non-hydrogen) atoms. The zero-order valence-electron chi connectivity index (χ0n) is 13.1. The third-order valence-corrected chi connectivity index (χ3v) is 4.41. The normalized spacial score (nSPS) is 18.4. The van der Waals surface area contributed by atoms with Gasteiger partial charge in [0.15, 0.2) is 0 Å². The maximum atomic E-state index is 12.1. The van der Waals surface area contributed by atoms with Crippen LogP contribution in [0.1, 0.15) is 36.4 Å². The molecular weight excluding hydrogens is 262 g/mol. The third kappa shape index (κ3) is 4.83. The van der Waals surface area contributed by atoms with Gasteiger partial charge >= 0.3 is 0 Å². The van der Waals surface area contributed by atoms with E-state index in [1.165, 1.54) is 31.5 Å². The topological polar surface area (TPSA) is 58.4 Å². The summed E-state index contributed by atoms with van der Waals surface area (Å²) in [7, 11) is 2.17. The molecule has 1 amide bonds.